The van der Waals surface area contributed by atoms with Crippen LogP contribution >= 0.6 is 0 Å². The molecule has 0 saturated carbocycles. The van der Waals surface area contributed by atoms with Gasteiger partial charge in [0.15, 0.2) is 6.23 Å². The molecule has 0 bridgehead atoms. The van der Waals surface area contributed by atoms with E-state index >= 15 is 0 Å². The topological polar surface area (TPSA) is 105 Å². The fourth-order valence-corrected chi connectivity index (χ4v) is 2.18. The van der Waals surface area contributed by atoms with Gasteiger partial charge in [-0.2, -0.15) is 0 Å². The van der Waals surface area contributed by atoms with Crippen LogP contribution in [0.4, 0.5) is 0 Å². The molecule has 0 radical (unpaired) electrons. The molecule has 1 aromatic heterocycles. The Morgan fingerprint density at radius 3 is 2.84 bits per heavy atom. The first-order valence-electron chi connectivity index (χ1n) is 5.67. The first-order chi connectivity index (χ1) is 8.93. The molecule has 0 spiro atoms. The highest BCUT2D eigenvalue weighted by Crippen LogP contribution is 2.43. The van der Waals surface area contributed by atoms with Gasteiger partial charge in [0.05, 0.1) is 6.61 Å². The van der Waals surface area contributed by atoms with Crippen molar-refractivity contribution in [3.05, 3.63) is 33.1 Å². The molecule has 2 heterocycles. The van der Waals surface area contributed by atoms with E-state index in [2.05, 4.69) is 10.9 Å². The maximum atomic E-state index is 11.7. The Morgan fingerprint density at radius 1 is 1.63 bits per heavy atom. The highest BCUT2D eigenvalue weighted by atomic mass is 16.5. The van der Waals surface area contributed by atoms with Crippen LogP contribution in [0, 0.1) is 17.8 Å². The lowest BCUT2D eigenvalue weighted by atomic mass is 9.83. The molecule has 2 rings (SSSR count). The number of H-pyrrole nitrogens is 1. The number of hydrogen-bond acceptors (Lipinski definition) is 5. The van der Waals surface area contributed by atoms with Crippen molar-refractivity contribution >= 4 is 0 Å². The number of aromatic amines is 1. The van der Waals surface area contributed by atoms with Gasteiger partial charge in [-0.05, 0) is 6.92 Å². The average molecular weight is 266 g/mol. The Hall–Kier alpha value is -1.88. The van der Waals surface area contributed by atoms with Crippen molar-refractivity contribution in [1.29, 1.82) is 0 Å². The first-order valence-corrected chi connectivity index (χ1v) is 5.67. The number of ether oxygens (including phenoxy) is 1. The fourth-order valence-electron chi connectivity index (χ4n) is 2.18. The summed E-state index contributed by atoms with van der Waals surface area (Å²) in [6.07, 6.45) is 3.70. The number of rotatable bonds is 2. The summed E-state index contributed by atoms with van der Waals surface area (Å²) in [5.41, 5.74) is -2.42. The van der Waals surface area contributed by atoms with Crippen molar-refractivity contribution in [3.8, 4) is 12.3 Å². The Morgan fingerprint density at radius 2 is 2.32 bits per heavy atom. The zero-order chi connectivity index (χ0) is 14.2. The number of aromatic nitrogens is 2. The van der Waals surface area contributed by atoms with Gasteiger partial charge in [0, 0.05) is 12.3 Å². The van der Waals surface area contributed by atoms with Gasteiger partial charge in [0.1, 0.15) is 17.6 Å². The predicted octanol–water partition coefficient (Wildman–Crippen LogP) is -1.57. The van der Waals surface area contributed by atoms with E-state index in [1.54, 1.807) is 6.92 Å². The quantitative estimate of drug-likeness (QED) is 0.561. The molecule has 0 aromatic carbocycles. The largest absolute Gasteiger partial charge is 0.394 e. The fraction of sp³-hybridized carbons (Fsp3) is 0.500. The lowest BCUT2D eigenvalue weighted by molar-refractivity contribution is -0.0502. The van der Waals surface area contributed by atoms with E-state index in [-0.39, 0.29) is 0 Å². The second-order valence-corrected chi connectivity index (χ2v) is 4.60. The third kappa shape index (κ3) is 2.00. The summed E-state index contributed by atoms with van der Waals surface area (Å²) in [4.78, 5) is 24.9. The van der Waals surface area contributed by atoms with Crippen molar-refractivity contribution < 1.29 is 14.9 Å². The lowest BCUT2D eigenvalue weighted by Crippen LogP contribution is -2.40. The van der Waals surface area contributed by atoms with Crippen LogP contribution in [0.2, 0.25) is 0 Å². The SMILES string of the molecule is C#C[C@@]1(C)C(n2ccc(=O)[nH]c2=O)O[C@H](CO)[C@H]1O. The minimum Gasteiger partial charge on any atom is -0.394 e. The third-order valence-electron chi connectivity index (χ3n) is 3.38. The maximum Gasteiger partial charge on any atom is 0.330 e. The molecule has 1 unspecified atom stereocenters. The van der Waals surface area contributed by atoms with Crippen molar-refractivity contribution in [1.82, 2.24) is 9.55 Å². The number of nitrogens with zero attached hydrogens (tertiary/aromatic N) is 1. The minimum atomic E-state index is -1.19. The number of aliphatic hydroxyl groups excluding tert-OH is 2. The maximum absolute atomic E-state index is 11.7. The van der Waals surface area contributed by atoms with Crippen molar-refractivity contribution in [2.24, 2.45) is 5.41 Å². The number of aliphatic hydroxyl groups is 2. The molecule has 4 atom stereocenters. The van der Waals surface area contributed by atoms with Crippen LogP contribution in [-0.4, -0.2) is 38.6 Å². The molecule has 0 amide bonds. The predicted molar refractivity (Wildman–Crippen MR) is 65.3 cm³/mol. The Balaban J connectivity index is 2.52. The van der Waals surface area contributed by atoms with E-state index in [0.717, 1.165) is 10.6 Å². The normalized spacial score (nSPS) is 34.1. The van der Waals surface area contributed by atoms with E-state index < -0.39 is 41.7 Å². The number of terminal acetylenes is 1. The Kier molecular flexibility index (Phi) is 3.32. The smallest absolute Gasteiger partial charge is 0.330 e. The molecule has 19 heavy (non-hydrogen) atoms. The van der Waals surface area contributed by atoms with Crippen LogP contribution in [0.5, 0.6) is 0 Å². The van der Waals surface area contributed by atoms with Gasteiger partial charge >= 0.3 is 5.69 Å². The van der Waals surface area contributed by atoms with Crippen LogP contribution < -0.4 is 11.2 Å². The molecule has 1 aromatic rings. The van der Waals surface area contributed by atoms with Crippen LogP contribution in [0.15, 0.2) is 21.9 Å². The van der Waals surface area contributed by atoms with Gasteiger partial charge in [-0.1, -0.05) is 5.92 Å². The van der Waals surface area contributed by atoms with Crippen molar-refractivity contribution in [2.75, 3.05) is 6.61 Å². The van der Waals surface area contributed by atoms with Gasteiger partial charge in [-0.3, -0.25) is 14.3 Å². The standard InChI is InChI=1S/C12H14N2O5/c1-3-12(2)9(17)7(6-15)19-10(12)14-5-4-8(16)13-11(14)18/h1,4-5,7,9-10,15,17H,6H2,2H3,(H,13,16,18)/t7-,9-,10?,12-/m1/s1. The summed E-state index contributed by atoms with van der Waals surface area (Å²) in [6.45, 7) is 1.13. The summed E-state index contributed by atoms with van der Waals surface area (Å²) in [7, 11) is 0. The molecule has 7 heteroatoms. The molecule has 0 aliphatic carbocycles. The molecule has 1 aliphatic rings. The molecule has 1 saturated heterocycles. The average Bonchev–Trinajstić information content (AvgIpc) is 2.63. The molecule has 3 N–H and O–H groups in total. The van der Waals surface area contributed by atoms with Gasteiger partial charge in [0.25, 0.3) is 5.56 Å². The summed E-state index contributed by atoms with van der Waals surface area (Å²) in [5, 5.41) is 19.2. The van der Waals surface area contributed by atoms with E-state index in [4.69, 9.17) is 16.3 Å². The van der Waals surface area contributed by atoms with Crippen LogP contribution in [0.25, 0.3) is 0 Å². The highest BCUT2D eigenvalue weighted by Gasteiger charge is 2.53. The van der Waals surface area contributed by atoms with Gasteiger partial charge in [-0.15, -0.1) is 6.42 Å². The summed E-state index contributed by atoms with van der Waals surface area (Å²) < 4.78 is 6.53. The van der Waals surface area contributed by atoms with Crippen LogP contribution in [-0.2, 0) is 4.74 Å². The monoisotopic (exact) mass is 266 g/mol. The van der Waals surface area contributed by atoms with Crippen molar-refractivity contribution in [3.63, 3.8) is 0 Å². The molecular weight excluding hydrogens is 252 g/mol. The Bertz CT molecular complexity index is 628. The molecule has 7 nitrogen and oxygen atoms in total. The second kappa shape index (κ2) is 4.66. The summed E-state index contributed by atoms with van der Waals surface area (Å²) in [5.74, 6) is 2.41. The molecular formula is C12H14N2O5. The second-order valence-electron chi connectivity index (χ2n) is 4.60. The summed E-state index contributed by atoms with van der Waals surface area (Å²) >= 11 is 0. The first kappa shape index (κ1) is 13.5. The van der Waals surface area contributed by atoms with Gasteiger partial charge < -0.3 is 14.9 Å². The van der Waals surface area contributed by atoms with Crippen molar-refractivity contribution in [2.45, 2.75) is 25.4 Å². The van der Waals surface area contributed by atoms with E-state index in [0.29, 0.717) is 0 Å². The number of hydrogen-bond donors (Lipinski definition) is 3. The van der Waals surface area contributed by atoms with Gasteiger partial charge in [-0.25, -0.2) is 4.79 Å². The van der Waals surface area contributed by atoms with Gasteiger partial charge in [0.2, 0.25) is 0 Å². The van der Waals surface area contributed by atoms with Crippen LogP contribution in [0.1, 0.15) is 13.2 Å². The number of nitrogens with one attached hydrogen (secondary N) is 1. The van der Waals surface area contributed by atoms with E-state index in [1.807, 2.05) is 0 Å². The zero-order valence-corrected chi connectivity index (χ0v) is 10.2. The zero-order valence-electron chi connectivity index (χ0n) is 10.2. The minimum absolute atomic E-state index is 0.424. The Labute approximate surface area is 108 Å². The summed E-state index contributed by atoms with van der Waals surface area (Å²) in [6, 6.07) is 1.15. The lowest BCUT2D eigenvalue weighted by Gasteiger charge is -2.27. The third-order valence-corrected chi connectivity index (χ3v) is 3.38. The molecule has 1 aliphatic heterocycles. The molecule has 1 fully saturated rings. The van der Waals surface area contributed by atoms with E-state index in [1.165, 1.54) is 6.20 Å². The molecule has 102 valence electrons. The van der Waals surface area contributed by atoms with Crippen LogP contribution in [0.3, 0.4) is 0 Å². The highest BCUT2D eigenvalue weighted by molar-refractivity contribution is 5.15. The van der Waals surface area contributed by atoms with E-state index in [9.17, 15) is 14.7 Å².